The van der Waals surface area contributed by atoms with Crippen molar-refractivity contribution < 1.29 is 14.5 Å². The molecule has 0 fully saturated rings. The van der Waals surface area contributed by atoms with Gasteiger partial charge in [-0.1, -0.05) is 43.6 Å². The van der Waals surface area contributed by atoms with E-state index in [0.717, 1.165) is 5.56 Å². The second kappa shape index (κ2) is 8.96. The van der Waals surface area contributed by atoms with Crippen LogP contribution < -0.4 is 10.2 Å². The molecule has 2 rings (SSSR count). The normalized spacial score (nSPS) is 10.9. The van der Waals surface area contributed by atoms with E-state index >= 15 is 0 Å². The molecule has 0 aliphatic heterocycles. The molecule has 136 valence electrons. The topological polar surface area (TPSA) is 93.8 Å². The number of nitro benzene ring substituents is 1. The first-order chi connectivity index (χ1) is 12.4. The second-order valence-corrected chi connectivity index (χ2v) is 6.14. The molecule has 0 unspecified atom stereocenters. The van der Waals surface area contributed by atoms with Gasteiger partial charge in [-0.25, -0.2) is 5.43 Å². The number of hydrogen-bond acceptors (Lipinski definition) is 5. The Bertz CT molecular complexity index is 837. The average molecular weight is 376 g/mol. The fraction of sp³-hybridized carbons (Fsp3) is 0.222. The molecule has 0 saturated carbocycles. The molecule has 0 bridgehead atoms. The summed E-state index contributed by atoms with van der Waals surface area (Å²) in [5.74, 6) is 0.452. The summed E-state index contributed by atoms with van der Waals surface area (Å²) in [5.41, 5.74) is 3.52. The zero-order valence-corrected chi connectivity index (χ0v) is 15.1. The number of hydrogen-bond donors (Lipinski definition) is 1. The van der Waals surface area contributed by atoms with E-state index in [1.54, 1.807) is 6.07 Å². The minimum atomic E-state index is -0.535. The average Bonchev–Trinajstić information content (AvgIpc) is 2.61. The lowest BCUT2D eigenvalue weighted by Gasteiger charge is -2.12. The molecule has 0 heterocycles. The summed E-state index contributed by atoms with van der Waals surface area (Å²) in [6.45, 7) is 3.87. The van der Waals surface area contributed by atoms with Crippen molar-refractivity contribution >= 4 is 29.4 Å². The van der Waals surface area contributed by atoms with E-state index in [2.05, 4.69) is 10.5 Å². The van der Waals surface area contributed by atoms with Crippen molar-refractivity contribution in [1.29, 1.82) is 0 Å². The molecule has 1 N–H and O–H groups in total. The number of nitrogens with one attached hydrogen (secondary N) is 1. The van der Waals surface area contributed by atoms with Gasteiger partial charge in [0, 0.05) is 22.7 Å². The zero-order valence-electron chi connectivity index (χ0n) is 14.3. The van der Waals surface area contributed by atoms with E-state index < -0.39 is 10.8 Å². The molecule has 0 spiro atoms. The number of para-hydroxylation sites is 1. The number of non-ortho nitro benzene ring substituents is 1. The minimum Gasteiger partial charge on any atom is -0.483 e. The standard InChI is InChI=1S/C18H18ClN3O4/c1-12(2)15-5-3-4-6-17(15)26-11-18(23)21-20-10-13-9-14(22(24)25)7-8-16(13)19/h3-10,12H,11H2,1-2H3,(H,21,23). The van der Waals surface area contributed by atoms with Gasteiger partial charge in [-0.15, -0.1) is 0 Å². The Balaban J connectivity index is 1.94. The van der Waals surface area contributed by atoms with Gasteiger partial charge in [0.15, 0.2) is 6.61 Å². The lowest BCUT2D eigenvalue weighted by Crippen LogP contribution is -2.24. The van der Waals surface area contributed by atoms with Gasteiger partial charge in [-0.3, -0.25) is 14.9 Å². The predicted octanol–water partition coefficient (Wildman–Crippen LogP) is 3.90. The van der Waals surface area contributed by atoms with Gasteiger partial charge >= 0.3 is 0 Å². The van der Waals surface area contributed by atoms with E-state index in [0.29, 0.717) is 11.3 Å². The fourth-order valence-electron chi connectivity index (χ4n) is 2.18. The van der Waals surface area contributed by atoms with Crippen LogP contribution in [0.3, 0.4) is 0 Å². The van der Waals surface area contributed by atoms with Crippen molar-refractivity contribution in [1.82, 2.24) is 5.43 Å². The monoisotopic (exact) mass is 375 g/mol. The first-order valence-electron chi connectivity index (χ1n) is 7.86. The molecule has 0 atom stereocenters. The maximum absolute atomic E-state index is 11.9. The van der Waals surface area contributed by atoms with Crippen molar-refractivity contribution in [3.63, 3.8) is 0 Å². The molecule has 8 heteroatoms. The SMILES string of the molecule is CC(C)c1ccccc1OCC(=O)NN=Cc1cc([N+](=O)[O-])ccc1Cl. The summed E-state index contributed by atoms with van der Waals surface area (Å²) in [4.78, 5) is 22.1. The van der Waals surface area contributed by atoms with E-state index in [1.165, 1.54) is 24.4 Å². The van der Waals surface area contributed by atoms with Gasteiger partial charge in [-0.2, -0.15) is 5.10 Å². The van der Waals surface area contributed by atoms with E-state index in [9.17, 15) is 14.9 Å². The molecule has 1 amide bonds. The van der Waals surface area contributed by atoms with Crippen LogP contribution >= 0.6 is 11.6 Å². The van der Waals surface area contributed by atoms with Crippen LogP contribution in [0.4, 0.5) is 5.69 Å². The molecule has 7 nitrogen and oxygen atoms in total. The number of carbonyl (C=O) groups excluding carboxylic acids is 1. The first-order valence-corrected chi connectivity index (χ1v) is 8.24. The van der Waals surface area contributed by atoms with Gasteiger partial charge in [0.25, 0.3) is 11.6 Å². The summed E-state index contributed by atoms with van der Waals surface area (Å²) in [6.07, 6.45) is 1.25. The van der Waals surface area contributed by atoms with Crippen LogP contribution in [0, 0.1) is 10.1 Å². The Morgan fingerprint density at radius 3 is 2.77 bits per heavy atom. The Morgan fingerprint density at radius 2 is 2.08 bits per heavy atom. The number of nitrogens with zero attached hydrogens (tertiary/aromatic N) is 2. The predicted molar refractivity (Wildman–Crippen MR) is 99.9 cm³/mol. The van der Waals surface area contributed by atoms with Crippen LogP contribution in [0.5, 0.6) is 5.75 Å². The van der Waals surface area contributed by atoms with Crippen LogP contribution in [0.25, 0.3) is 0 Å². The van der Waals surface area contributed by atoms with Gasteiger partial charge < -0.3 is 4.74 Å². The second-order valence-electron chi connectivity index (χ2n) is 5.74. The summed E-state index contributed by atoms with van der Waals surface area (Å²) < 4.78 is 5.54. The summed E-state index contributed by atoms with van der Waals surface area (Å²) in [5, 5.41) is 14.8. The van der Waals surface area contributed by atoms with Crippen LogP contribution in [0.1, 0.15) is 30.9 Å². The smallest absolute Gasteiger partial charge is 0.277 e. The van der Waals surface area contributed by atoms with Gasteiger partial charge in [-0.05, 0) is 23.6 Å². The number of carbonyl (C=O) groups is 1. The fourth-order valence-corrected chi connectivity index (χ4v) is 2.35. The number of amides is 1. The van der Waals surface area contributed by atoms with Gasteiger partial charge in [0.05, 0.1) is 11.1 Å². The van der Waals surface area contributed by atoms with Crippen molar-refractivity contribution in [2.24, 2.45) is 5.10 Å². The van der Waals surface area contributed by atoms with Gasteiger partial charge in [0.1, 0.15) is 5.75 Å². The summed E-state index contributed by atoms with van der Waals surface area (Å²) in [6, 6.07) is 11.5. The number of nitro groups is 1. The number of rotatable bonds is 7. The van der Waals surface area contributed by atoms with Crippen LogP contribution in [-0.2, 0) is 4.79 Å². The number of hydrazone groups is 1. The number of ether oxygens (including phenoxy) is 1. The highest BCUT2D eigenvalue weighted by Gasteiger charge is 2.10. The maximum atomic E-state index is 11.9. The van der Waals surface area contributed by atoms with E-state index in [4.69, 9.17) is 16.3 Å². The van der Waals surface area contributed by atoms with E-state index in [1.807, 2.05) is 32.0 Å². The van der Waals surface area contributed by atoms with Crippen LogP contribution in [0.15, 0.2) is 47.6 Å². The molecular formula is C18H18ClN3O4. The molecule has 26 heavy (non-hydrogen) atoms. The Kier molecular flexibility index (Phi) is 6.68. The zero-order chi connectivity index (χ0) is 19.1. The highest BCUT2D eigenvalue weighted by atomic mass is 35.5. The number of benzene rings is 2. The Labute approximate surface area is 155 Å². The quantitative estimate of drug-likeness (QED) is 0.451. The molecule has 0 aliphatic carbocycles. The molecular weight excluding hydrogens is 358 g/mol. The Hall–Kier alpha value is -2.93. The van der Waals surface area contributed by atoms with Crippen molar-refractivity contribution in [3.05, 3.63) is 68.7 Å². The third-order valence-electron chi connectivity index (χ3n) is 3.48. The molecule has 2 aromatic carbocycles. The first kappa shape index (κ1) is 19.4. The molecule has 2 aromatic rings. The maximum Gasteiger partial charge on any atom is 0.277 e. The third-order valence-corrected chi connectivity index (χ3v) is 3.83. The Morgan fingerprint density at radius 1 is 1.35 bits per heavy atom. The lowest BCUT2D eigenvalue weighted by atomic mass is 10.0. The summed E-state index contributed by atoms with van der Waals surface area (Å²) in [7, 11) is 0. The highest BCUT2D eigenvalue weighted by Crippen LogP contribution is 2.25. The number of halogens is 1. The van der Waals surface area contributed by atoms with Crippen molar-refractivity contribution in [2.75, 3.05) is 6.61 Å². The third kappa shape index (κ3) is 5.29. The summed E-state index contributed by atoms with van der Waals surface area (Å²) >= 11 is 5.95. The molecule has 0 radical (unpaired) electrons. The lowest BCUT2D eigenvalue weighted by molar-refractivity contribution is -0.384. The minimum absolute atomic E-state index is 0.115. The molecule has 0 saturated heterocycles. The largest absolute Gasteiger partial charge is 0.483 e. The van der Waals surface area contributed by atoms with Crippen molar-refractivity contribution in [3.8, 4) is 5.75 Å². The van der Waals surface area contributed by atoms with Crippen LogP contribution in [-0.4, -0.2) is 23.7 Å². The van der Waals surface area contributed by atoms with E-state index in [-0.39, 0.29) is 23.2 Å². The van der Waals surface area contributed by atoms with Crippen LogP contribution in [0.2, 0.25) is 5.02 Å². The highest BCUT2D eigenvalue weighted by molar-refractivity contribution is 6.33. The molecule has 0 aromatic heterocycles. The van der Waals surface area contributed by atoms with Crippen molar-refractivity contribution in [2.45, 2.75) is 19.8 Å². The molecule has 0 aliphatic rings. The van der Waals surface area contributed by atoms with Gasteiger partial charge in [0.2, 0.25) is 0 Å².